The van der Waals surface area contributed by atoms with Crippen LogP contribution in [0.15, 0.2) is 35.4 Å². The number of halogens is 1. The summed E-state index contributed by atoms with van der Waals surface area (Å²) in [7, 11) is 2.00. The first-order valence-electron chi connectivity index (χ1n) is 6.97. The Hall–Kier alpha value is -2.02. The van der Waals surface area contributed by atoms with Crippen molar-refractivity contribution in [1.29, 1.82) is 0 Å². The van der Waals surface area contributed by atoms with Crippen molar-refractivity contribution in [2.75, 3.05) is 25.0 Å². The van der Waals surface area contributed by atoms with Crippen molar-refractivity contribution in [1.82, 2.24) is 20.0 Å². The molecule has 0 saturated carbocycles. The van der Waals surface area contributed by atoms with E-state index in [4.69, 9.17) is 4.52 Å². The number of alkyl halides is 1. The first-order valence-corrected chi connectivity index (χ1v) is 6.97. The molecule has 0 aromatic carbocycles. The Morgan fingerprint density at radius 1 is 1.48 bits per heavy atom. The fraction of sp³-hybridized carbons (Fsp3) is 0.500. The summed E-state index contributed by atoms with van der Waals surface area (Å²) in [6.07, 6.45) is 4.45. The molecule has 1 aliphatic heterocycles. The average Bonchev–Trinajstić information content (AvgIpc) is 3.09. The predicted molar refractivity (Wildman–Crippen MR) is 75.5 cm³/mol. The lowest BCUT2D eigenvalue weighted by atomic mass is 10.2. The lowest BCUT2D eigenvalue weighted by molar-refractivity contribution is 0.280. The van der Waals surface area contributed by atoms with E-state index in [2.05, 4.69) is 20.0 Å². The Labute approximate surface area is 122 Å². The molecule has 1 saturated heterocycles. The van der Waals surface area contributed by atoms with Gasteiger partial charge in [-0.25, -0.2) is 14.4 Å². The van der Waals surface area contributed by atoms with Gasteiger partial charge in [-0.05, 0) is 13.1 Å². The van der Waals surface area contributed by atoms with Gasteiger partial charge in [0.2, 0.25) is 0 Å². The van der Waals surface area contributed by atoms with Crippen LogP contribution in [-0.4, -0.2) is 52.4 Å². The summed E-state index contributed by atoms with van der Waals surface area (Å²) in [6.45, 7) is 1.82. The van der Waals surface area contributed by atoms with Crippen molar-refractivity contribution >= 4 is 5.82 Å². The minimum absolute atomic E-state index is 0.104. The maximum atomic E-state index is 13.8. The largest absolute Gasteiger partial charge is 0.364 e. The SMILES string of the molecule is CN(Cc1ccon1)C[C@@H]1C[C@H](F)CN1c1ccncn1. The molecule has 0 radical (unpaired) electrons. The van der Waals surface area contributed by atoms with Crippen LogP contribution in [0.5, 0.6) is 0 Å². The molecule has 0 unspecified atom stereocenters. The number of hydrogen-bond acceptors (Lipinski definition) is 6. The Kier molecular flexibility index (Phi) is 4.10. The maximum absolute atomic E-state index is 13.8. The monoisotopic (exact) mass is 291 g/mol. The number of anilines is 1. The molecular weight excluding hydrogens is 273 g/mol. The molecule has 2 aromatic rings. The number of nitrogens with zero attached hydrogens (tertiary/aromatic N) is 5. The molecule has 0 N–H and O–H groups in total. The molecule has 21 heavy (non-hydrogen) atoms. The molecule has 0 spiro atoms. The molecule has 7 heteroatoms. The van der Waals surface area contributed by atoms with Crippen LogP contribution in [0.2, 0.25) is 0 Å². The van der Waals surface area contributed by atoms with Gasteiger partial charge in [-0.3, -0.25) is 4.90 Å². The second-order valence-corrected chi connectivity index (χ2v) is 5.39. The highest BCUT2D eigenvalue weighted by Gasteiger charge is 2.33. The van der Waals surface area contributed by atoms with E-state index in [-0.39, 0.29) is 6.04 Å². The molecule has 0 aliphatic carbocycles. The van der Waals surface area contributed by atoms with Crippen molar-refractivity contribution in [2.45, 2.75) is 25.2 Å². The van der Waals surface area contributed by atoms with E-state index in [1.165, 1.54) is 6.33 Å². The fourth-order valence-electron chi connectivity index (χ4n) is 2.79. The van der Waals surface area contributed by atoms with Crippen molar-refractivity contribution < 1.29 is 8.91 Å². The zero-order valence-electron chi connectivity index (χ0n) is 11.9. The van der Waals surface area contributed by atoms with E-state index in [0.717, 1.165) is 18.1 Å². The van der Waals surface area contributed by atoms with Crippen molar-refractivity contribution in [3.63, 3.8) is 0 Å². The summed E-state index contributed by atoms with van der Waals surface area (Å²) in [5.74, 6) is 0.782. The smallest absolute Gasteiger partial charge is 0.132 e. The van der Waals surface area contributed by atoms with Crippen LogP contribution in [-0.2, 0) is 6.54 Å². The normalized spacial score (nSPS) is 22.1. The van der Waals surface area contributed by atoms with Crippen LogP contribution < -0.4 is 4.90 Å². The Bertz CT molecular complexity index is 550. The van der Waals surface area contributed by atoms with Gasteiger partial charge in [-0.1, -0.05) is 5.16 Å². The van der Waals surface area contributed by atoms with Gasteiger partial charge in [0, 0.05) is 37.8 Å². The van der Waals surface area contributed by atoms with Gasteiger partial charge in [0.1, 0.15) is 24.6 Å². The van der Waals surface area contributed by atoms with Crippen molar-refractivity contribution in [2.24, 2.45) is 0 Å². The van der Waals surface area contributed by atoms with Gasteiger partial charge in [0.25, 0.3) is 0 Å². The Morgan fingerprint density at radius 3 is 3.10 bits per heavy atom. The number of likely N-dealkylation sites (N-methyl/N-ethyl adjacent to an activating group) is 1. The summed E-state index contributed by atoms with van der Waals surface area (Å²) in [4.78, 5) is 12.3. The summed E-state index contributed by atoms with van der Waals surface area (Å²) in [5.41, 5.74) is 0.876. The molecule has 3 heterocycles. The van der Waals surface area contributed by atoms with Crippen LogP contribution in [0, 0.1) is 0 Å². The fourth-order valence-corrected chi connectivity index (χ4v) is 2.79. The first kappa shape index (κ1) is 13.9. The van der Waals surface area contributed by atoms with E-state index in [1.54, 1.807) is 12.5 Å². The molecule has 2 aromatic heterocycles. The molecule has 1 fully saturated rings. The molecule has 3 rings (SSSR count). The minimum Gasteiger partial charge on any atom is -0.364 e. The second kappa shape index (κ2) is 6.17. The van der Waals surface area contributed by atoms with Gasteiger partial charge in [-0.2, -0.15) is 0 Å². The molecule has 0 amide bonds. The average molecular weight is 291 g/mol. The zero-order chi connectivity index (χ0) is 14.7. The Morgan fingerprint density at radius 2 is 2.38 bits per heavy atom. The molecule has 0 bridgehead atoms. The van der Waals surface area contributed by atoms with E-state index >= 15 is 0 Å². The second-order valence-electron chi connectivity index (χ2n) is 5.39. The van der Waals surface area contributed by atoms with Gasteiger partial charge >= 0.3 is 0 Å². The highest BCUT2D eigenvalue weighted by atomic mass is 19.1. The van der Waals surface area contributed by atoms with Crippen LogP contribution in [0.25, 0.3) is 0 Å². The van der Waals surface area contributed by atoms with Crippen molar-refractivity contribution in [3.05, 3.63) is 36.6 Å². The summed E-state index contributed by atoms with van der Waals surface area (Å²) < 4.78 is 18.6. The third kappa shape index (κ3) is 3.36. The van der Waals surface area contributed by atoms with Gasteiger partial charge < -0.3 is 9.42 Å². The van der Waals surface area contributed by atoms with Crippen LogP contribution in [0.4, 0.5) is 10.2 Å². The van der Waals surface area contributed by atoms with Crippen LogP contribution >= 0.6 is 0 Å². The predicted octanol–water partition coefficient (Wildman–Crippen LogP) is 1.51. The molecule has 2 atom stereocenters. The number of rotatable bonds is 5. The highest BCUT2D eigenvalue weighted by molar-refractivity contribution is 5.40. The standard InChI is InChI=1S/C14H18FN5O/c1-19(8-12-3-5-21-18-12)9-13-6-11(15)7-20(13)14-2-4-16-10-17-14/h2-5,10-11,13H,6-9H2,1H3/t11-,13-/m0/s1. The van der Waals surface area contributed by atoms with E-state index < -0.39 is 6.17 Å². The van der Waals surface area contributed by atoms with Gasteiger partial charge in [0.15, 0.2) is 0 Å². The first-order chi connectivity index (χ1) is 10.2. The van der Waals surface area contributed by atoms with E-state index in [1.807, 2.05) is 24.1 Å². The van der Waals surface area contributed by atoms with Gasteiger partial charge in [-0.15, -0.1) is 0 Å². The molecule has 112 valence electrons. The number of aromatic nitrogens is 3. The zero-order valence-corrected chi connectivity index (χ0v) is 11.9. The third-order valence-electron chi connectivity index (χ3n) is 3.67. The lowest BCUT2D eigenvalue weighted by Crippen LogP contribution is -2.39. The lowest BCUT2D eigenvalue weighted by Gasteiger charge is -2.28. The summed E-state index contributed by atoms with van der Waals surface area (Å²) in [6, 6.07) is 3.76. The molecule has 1 aliphatic rings. The molecular formula is C14H18FN5O. The minimum atomic E-state index is -0.814. The van der Waals surface area contributed by atoms with Crippen LogP contribution in [0.3, 0.4) is 0 Å². The third-order valence-corrected chi connectivity index (χ3v) is 3.67. The number of hydrogen-bond donors (Lipinski definition) is 0. The highest BCUT2D eigenvalue weighted by Crippen LogP contribution is 2.26. The summed E-state index contributed by atoms with van der Waals surface area (Å²) in [5, 5.41) is 3.90. The summed E-state index contributed by atoms with van der Waals surface area (Å²) >= 11 is 0. The van der Waals surface area contributed by atoms with Gasteiger partial charge in [0.05, 0.1) is 12.2 Å². The van der Waals surface area contributed by atoms with Crippen LogP contribution in [0.1, 0.15) is 12.1 Å². The topological polar surface area (TPSA) is 58.3 Å². The molecule has 6 nitrogen and oxygen atoms in total. The van der Waals surface area contributed by atoms with E-state index in [9.17, 15) is 4.39 Å². The van der Waals surface area contributed by atoms with E-state index in [0.29, 0.717) is 19.5 Å². The maximum Gasteiger partial charge on any atom is 0.132 e. The van der Waals surface area contributed by atoms with Crippen molar-refractivity contribution in [3.8, 4) is 0 Å². The Balaban J connectivity index is 1.65. The quantitative estimate of drug-likeness (QED) is 0.832.